The number of rotatable bonds is 3. The number of carbonyl (C=O) groups excluding carboxylic acids is 1. The van der Waals surface area contributed by atoms with Gasteiger partial charge in [0, 0.05) is 13.7 Å². The molecule has 0 saturated carbocycles. The van der Waals surface area contributed by atoms with Crippen LogP contribution in [0.25, 0.3) is 0 Å². The maximum Gasteiger partial charge on any atom is 0.232 e. The molecule has 0 aliphatic carbocycles. The fourth-order valence-electron chi connectivity index (χ4n) is 2.46. The molecule has 6 heteroatoms. The highest BCUT2D eigenvalue weighted by molar-refractivity contribution is 5.91. The number of ether oxygens (including phenoxy) is 1. The summed E-state index contributed by atoms with van der Waals surface area (Å²) >= 11 is 0. The Morgan fingerprint density at radius 2 is 2.21 bits per heavy atom. The summed E-state index contributed by atoms with van der Waals surface area (Å²) in [6, 6.07) is 0. The monoisotopic (exact) mass is 266 g/mol. The molecule has 0 radical (unpaired) electrons. The van der Waals surface area contributed by atoms with Crippen LogP contribution in [0.5, 0.6) is 0 Å². The van der Waals surface area contributed by atoms with Crippen molar-refractivity contribution in [1.82, 2.24) is 14.8 Å². The maximum atomic E-state index is 12.4. The van der Waals surface area contributed by atoms with Crippen LogP contribution in [0.2, 0.25) is 0 Å². The molecule has 1 saturated heterocycles. The summed E-state index contributed by atoms with van der Waals surface area (Å²) in [5.41, 5.74) is 0. The summed E-state index contributed by atoms with van der Waals surface area (Å²) in [6.07, 6.45) is 1.79. The molecule has 2 rings (SSSR count). The van der Waals surface area contributed by atoms with Gasteiger partial charge >= 0.3 is 0 Å². The van der Waals surface area contributed by atoms with E-state index in [4.69, 9.17) is 4.74 Å². The molecule has 19 heavy (non-hydrogen) atoms. The zero-order valence-corrected chi connectivity index (χ0v) is 12.0. The van der Waals surface area contributed by atoms with Crippen molar-refractivity contribution in [1.29, 1.82) is 0 Å². The Balaban J connectivity index is 2.07. The van der Waals surface area contributed by atoms with Crippen molar-refractivity contribution in [3.05, 3.63) is 5.82 Å². The molecule has 1 aliphatic rings. The average Bonchev–Trinajstić information content (AvgIpc) is 2.70. The van der Waals surface area contributed by atoms with Crippen molar-refractivity contribution in [2.75, 3.05) is 11.9 Å². The van der Waals surface area contributed by atoms with Crippen molar-refractivity contribution < 1.29 is 9.53 Å². The lowest BCUT2D eigenvalue weighted by Gasteiger charge is -2.33. The zero-order chi connectivity index (χ0) is 14.0. The highest BCUT2D eigenvalue weighted by Gasteiger charge is 2.34. The van der Waals surface area contributed by atoms with E-state index in [0.717, 1.165) is 25.3 Å². The molecule has 106 valence electrons. The summed E-state index contributed by atoms with van der Waals surface area (Å²) in [6.45, 7) is 6.77. The van der Waals surface area contributed by atoms with E-state index in [2.05, 4.69) is 29.4 Å². The molecular weight excluding hydrogens is 244 g/mol. The lowest BCUT2D eigenvalue weighted by molar-refractivity contribution is -0.131. The predicted octanol–water partition coefficient (Wildman–Crippen LogP) is 1.51. The van der Waals surface area contributed by atoms with Gasteiger partial charge in [0.15, 0.2) is 0 Å². The molecule has 1 N–H and O–H groups in total. The number of aryl methyl sites for hydroxylation is 1. The largest absolute Gasteiger partial charge is 0.377 e. The number of carbonyl (C=O) groups is 1. The summed E-state index contributed by atoms with van der Waals surface area (Å²) < 4.78 is 7.51. The molecular formula is C13H22N4O2. The lowest BCUT2D eigenvalue weighted by atomic mass is 9.87. The van der Waals surface area contributed by atoms with Gasteiger partial charge in [-0.2, -0.15) is 0 Å². The van der Waals surface area contributed by atoms with Crippen LogP contribution in [0.4, 0.5) is 5.95 Å². The number of aromatic nitrogens is 3. The minimum Gasteiger partial charge on any atom is -0.377 e. The fraction of sp³-hybridized carbons (Fsp3) is 0.769. The van der Waals surface area contributed by atoms with Crippen LogP contribution < -0.4 is 5.32 Å². The summed E-state index contributed by atoms with van der Waals surface area (Å²) in [4.78, 5) is 12.4. The molecule has 1 aromatic rings. The minimum absolute atomic E-state index is 0.0110. The quantitative estimate of drug-likeness (QED) is 0.900. The van der Waals surface area contributed by atoms with Crippen LogP contribution in [0.3, 0.4) is 0 Å². The van der Waals surface area contributed by atoms with E-state index in [9.17, 15) is 4.79 Å². The van der Waals surface area contributed by atoms with Gasteiger partial charge < -0.3 is 9.30 Å². The van der Waals surface area contributed by atoms with Gasteiger partial charge in [-0.05, 0) is 25.7 Å². The van der Waals surface area contributed by atoms with E-state index in [1.165, 1.54) is 0 Å². The standard InChI is InChI=1S/C13H22N4O2/c1-8(2)11-10(6-5-7-19-11)12(18)14-13-16-15-9(3)17(13)4/h8,10-11H,5-7H2,1-4H3,(H,14,16,18)/t10-,11+/m0/s1. The predicted molar refractivity (Wildman–Crippen MR) is 71.7 cm³/mol. The summed E-state index contributed by atoms with van der Waals surface area (Å²) in [7, 11) is 1.84. The van der Waals surface area contributed by atoms with Crippen molar-refractivity contribution >= 4 is 11.9 Å². The Morgan fingerprint density at radius 3 is 2.79 bits per heavy atom. The third-order valence-electron chi connectivity index (χ3n) is 3.69. The van der Waals surface area contributed by atoms with Crippen LogP contribution in [0.15, 0.2) is 0 Å². The molecule has 1 amide bonds. The Labute approximate surface area is 113 Å². The van der Waals surface area contributed by atoms with Gasteiger partial charge in [-0.15, -0.1) is 10.2 Å². The van der Waals surface area contributed by atoms with Gasteiger partial charge in [-0.25, -0.2) is 0 Å². The Bertz CT molecular complexity index is 455. The molecule has 6 nitrogen and oxygen atoms in total. The van der Waals surface area contributed by atoms with E-state index in [0.29, 0.717) is 11.9 Å². The average molecular weight is 266 g/mol. The smallest absolute Gasteiger partial charge is 0.232 e. The number of anilines is 1. The Kier molecular flexibility index (Phi) is 4.19. The van der Waals surface area contributed by atoms with Gasteiger partial charge in [0.2, 0.25) is 11.9 Å². The molecule has 2 atom stereocenters. The van der Waals surface area contributed by atoms with Gasteiger partial charge in [-0.1, -0.05) is 13.8 Å². The highest BCUT2D eigenvalue weighted by atomic mass is 16.5. The molecule has 1 aromatic heterocycles. The Hall–Kier alpha value is -1.43. The number of nitrogens with one attached hydrogen (secondary N) is 1. The number of nitrogens with zero attached hydrogens (tertiary/aromatic N) is 3. The Morgan fingerprint density at radius 1 is 1.47 bits per heavy atom. The fourth-order valence-corrected chi connectivity index (χ4v) is 2.46. The van der Waals surface area contributed by atoms with E-state index >= 15 is 0 Å². The first-order chi connectivity index (χ1) is 9.00. The SMILES string of the molecule is Cc1nnc(NC(=O)[C@H]2CCCO[C@@H]2C(C)C)n1C. The van der Waals surface area contributed by atoms with Crippen LogP contribution in [0, 0.1) is 18.8 Å². The number of hydrogen-bond donors (Lipinski definition) is 1. The van der Waals surface area contributed by atoms with E-state index < -0.39 is 0 Å². The first-order valence-electron chi connectivity index (χ1n) is 6.79. The molecule has 0 unspecified atom stereocenters. The second kappa shape index (κ2) is 5.69. The molecule has 1 fully saturated rings. The van der Waals surface area contributed by atoms with Gasteiger partial charge in [0.05, 0.1) is 12.0 Å². The molecule has 0 spiro atoms. The van der Waals surface area contributed by atoms with Gasteiger partial charge in [0.25, 0.3) is 0 Å². The topological polar surface area (TPSA) is 69.0 Å². The van der Waals surface area contributed by atoms with Crippen molar-refractivity contribution in [2.45, 2.75) is 39.7 Å². The van der Waals surface area contributed by atoms with Crippen molar-refractivity contribution in [3.8, 4) is 0 Å². The molecule has 2 heterocycles. The van der Waals surface area contributed by atoms with Crippen molar-refractivity contribution in [3.63, 3.8) is 0 Å². The highest BCUT2D eigenvalue weighted by Crippen LogP contribution is 2.27. The lowest BCUT2D eigenvalue weighted by Crippen LogP contribution is -2.41. The number of hydrogen-bond acceptors (Lipinski definition) is 4. The van der Waals surface area contributed by atoms with Crippen molar-refractivity contribution in [2.24, 2.45) is 18.9 Å². The third-order valence-corrected chi connectivity index (χ3v) is 3.69. The first-order valence-corrected chi connectivity index (χ1v) is 6.79. The number of amides is 1. The summed E-state index contributed by atoms with van der Waals surface area (Å²) in [5.74, 6) is 1.48. The van der Waals surface area contributed by atoms with E-state index in [1.807, 2.05) is 14.0 Å². The normalized spacial score (nSPS) is 23.6. The molecule has 0 bridgehead atoms. The van der Waals surface area contributed by atoms with Gasteiger partial charge in [0.1, 0.15) is 5.82 Å². The second-order valence-electron chi connectivity index (χ2n) is 5.45. The maximum absolute atomic E-state index is 12.4. The van der Waals surface area contributed by atoms with Gasteiger partial charge in [-0.3, -0.25) is 10.1 Å². The minimum atomic E-state index is -0.106. The van der Waals surface area contributed by atoms with Crippen LogP contribution in [-0.2, 0) is 16.6 Å². The van der Waals surface area contributed by atoms with Crippen LogP contribution in [-0.4, -0.2) is 33.4 Å². The second-order valence-corrected chi connectivity index (χ2v) is 5.45. The van der Waals surface area contributed by atoms with Crippen LogP contribution in [0.1, 0.15) is 32.5 Å². The van der Waals surface area contributed by atoms with Crippen LogP contribution >= 0.6 is 0 Å². The third kappa shape index (κ3) is 2.94. The summed E-state index contributed by atoms with van der Waals surface area (Å²) in [5, 5.41) is 10.8. The molecule has 0 aromatic carbocycles. The van der Waals surface area contributed by atoms with E-state index in [-0.39, 0.29) is 17.9 Å². The first kappa shape index (κ1) is 14.0. The molecule has 1 aliphatic heterocycles. The van der Waals surface area contributed by atoms with E-state index in [1.54, 1.807) is 4.57 Å². The zero-order valence-electron chi connectivity index (χ0n) is 12.0.